The molecule has 0 spiro atoms. The summed E-state index contributed by atoms with van der Waals surface area (Å²) >= 11 is 1.56. The summed E-state index contributed by atoms with van der Waals surface area (Å²) in [4.78, 5) is 43.6. The average molecular weight is 523 g/mol. The Kier molecular flexibility index (Phi) is 8.73. The molecule has 196 valence electrons. The Morgan fingerprint density at radius 1 is 0.973 bits per heavy atom. The largest absolute Gasteiger partial charge is 0.465 e. The molecule has 3 aromatic rings. The van der Waals surface area contributed by atoms with E-state index in [1.54, 1.807) is 73.4 Å². The van der Waals surface area contributed by atoms with Gasteiger partial charge in [-0.05, 0) is 88.3 Å². The fraction of sp³-hybridized carbons (Fsp3) is 0.321. The zero-order valence-electron chi connectivity index (χ0n) is 22.1. The second kappa shape index (κ2) is 11.6. The third-order valence-electron chi connectivity index (χ3n) is 5.75. The maximum Gasteiger partial charge on any atom is 0.412 e. The molecule has 8 nitrogen and oxygen atoms in total. The lowest BCUT2D eigenvalue weighted by Crippen LogP contribution is -2.45. The summed E-state index contributed by atoms with van der Waals surface area (Å²) < 4.78 is 0. The monoisotopic (exact) mass is 522 g/mol. The minimum absolute atomic E-state index is 0.0787. The van der Waals surface area contributed by atoms with E-state index in [9.17, 15) is 19.5 Å². The van der Waals surface area contributed by atoms with E-state index in [4.69, 9.17) is 0 Å². The number of nitrogens with one attached hydrogen (secondary N) is 1. The maximum absolute atomic E-state index is 13.3. The average Bonchev–Trinajstić information content (AvgIpc) is 3.34. The number of hydrogen-bond acceptors (Lipinski definition) is 5. The van der Waals surface area contributed by atoms with Crippen LogP contribution in [0.1, 0.15) is 38.1 Å². The Morgan fingerprint density at radius 2 is 1.65 bits per heavy atom. The van der Waals surface area contributed by atoms with Crippen LogP contribution in [0.4, 0.5) is 21.9 Å². The first kappa shape index (κ1) is 27.9. The Labute approximate surface area is 222 Å². The van der Waals surface area contributed by atoms with Crippen molar-refractivity contribution in [2.24, 2.45) is 0 Å². The molecule has 0 radical (unpaired) electrons. The van der Waals surface area contributed by atoms with E-state index < -0.39 is 11.6 Å². The number of thiophene rings is 1. The van der Waals surface area contributed by atoms with Crippen LogP contribution in [0.3, 0.4) is 0 Å². The molecule has 0 saturated carbocycles. The molecule has 0 aliphatic heterocycles. The van der Waals surface area contributed by atoms with Crippen molar-refractivity contribution in [2.75, 3.05) is 42.3 Å². The van der Waals surface area contributed by atoms with Crippen LogP contribution in [0, 0.1) is 0 Å². The molecule has 1 aromatic heterocycles. The third-order valence-corrected chi connectivity index (χ3v) is 6.66. The predicted octanol–water partition coefficient (Wildman–Crippen LogP) is 5.86. The number of carbonyl (C=O) groups excluding carboxylic acids is 2. The smallest absolute Gasteiger partial charge is 0.412 e. The molecule has 0 unspecified atom stereocenters. The van der Waals surface area contributed by atoms with Crippen LogP contribution in [0.2, 0.25) is 0 Å². The normalized spacial score (nSPS) is 11.3. The minimum atomic E-state index is -1.11. The number of carboxylic acid groups (broad SMARTS) is 1. The number of nitrogens with zero attached hydrogens (tertiary/aromatic N) is 3. The molecule has 0 atom stereocenters. The molecule has 2 aromatic carbocycles. The number of rotatable bonds is 8. The highest BCUT2D eigenvalue weighted by Crippen LogP contribution is 2.36. The highest BCUT2D eigenvalue weighted by atomic mass is 32.1. The van der Waals surface area contributed by atoms with Gasteiger partial charge in [0.1, 0.15) is 0 Å². The molecule has 9 heteroatoms. The predicted molar refractivity (Wildman–Crippen MR) is 151 cm³/mol. The van der Waals surface area contributed by atoms with Crippen molar-refractivity contribution in [3.63, 3.8) is 0 Å². The van der Waals surface area contributed by atoms with Gasteiger partial charge in [0.2, 0.25) is 5.91 Å². The zero-order valence-corrected chi connectivity index (χ0v) is 22.9. The molecule has 0 aliphatic carbocycles. The number of benzene rings is 2. The standard InChI is InChI=1S/C28H34N4O4S/c1-19(33)31(16-15-30(5)6)22-12-9-20(10-13-22)26(34)29-23-18-21(25-8-7-17-37-25)11-14-24(23)32(27(35)36)28(2,3)4/h7-14,17-18H,15-16H2,1-6H3,(H,29,34)(H,35,36). The Hall–Kier alpha value is -3.69. The van der Waals surface area contributed by atoms with Gasteiger partial charge in [-0.3, -0.25) is 14.5 Å². The first-order chi connectivity index (χ1) is 17.4. The van der Waals surface area contributed by atoms with Gasteiger partial charge in [-0.2, -0.15) is 0 Å². The van der Waals surface area contributed by atoms with Crippen molar-refractivity contribution in [3.05, 3.63) is 65.5 Å². The topological polar surface area (TPSA) is 93.2 Å². The van der Waals surface area contributed by atoms with Crippen LogP contribution < -0.4 is 15.1 Å². The third kappa shape index (κ3) is 6.96. The summed E-state index contributed by atoms with van der Waals surface area (Å²) in [5.74, 6) is -0.455. The summed E-state index contributed by atoms with van der Waals surface area (Å²) in [7, 11) is 3.89. The van der Waals surface area contributed by atoms with E-state index >= 15 is 0 Å². The Bertz CT molecular complexity index is 1250. The number of anilines is 3. The second-order valence-corrected chi connectivity index (χ2v) is 10.9. The van der Waals surface area contributed by atoms with Gasteiger partial charge in [0, 0.05) is 41.7 Å². The molecule has 0 saturated heterocycles. The van der Waals surface area contributed by atoms with Crippen LogP contribution in [-0.4, -0.2) is 60.6 Å². The molecule has 0 fully saturated rings. The number of likely N-dealkylation sites (N-methyl/N-ethyl adjacent to an activating group) is 1. The van der Waals surface area contributed by atoms with Crippen LogP contribution in [0.25, 0.3) is 10.4 Å². The molecule has 0 bridgehead atoms. The summed E-state index contributed by atoms with van der Waals surface area (Å²) in [5.41, 5.74) is 2.02. The van der Waals surface area contributed by atoms with Gasteiger partial charge in [-0.25, -0.2) is 4.79 Å². The lowest BCUT2D eigenvalue weighted by Gasteiger charge is -2.34. The molecule has 3 rings (SSSR count). The van der Waals surface area contributed by atoms with Crippen molar-refractivity contribution < 1.29 is 19.5 Å². The van der Waals surface area contributed by atoms with Crippen LogP contribution in [0.5, 0.6) is 0 Å². The number of hydrogen-bond donors (Lipinski definition) is 2. The van der Waals surface area contributed by atoms with E-state index in [-0.39, 0.29) is 11.8 Å². The van der Waals surface area contributed by atoms with E-state index in [0.29, 0.717) is 35.7 Å². The maximum atomic E-state index is 13.3. The number of carbonyl (C=O) groups is 3. The van der Waals surface area contributed by atoms with Crippen molar-refractivity contribution in [1.82, 2.24) is 4.90 Å². The summed E-state index contributed by atoms with van der Waals surface area (Å²) in [5, 5.41) is 14.9. The first-order valence-corrected chi connectivity index (χ1v) is 12.8. The summed E-state index contributed by atoms with van der Waals surface area (Å²) in [6.45, 7) is 8.16. The van der Waals surface area contributed by atoms with Gasteiger partial charge in [0.05, 0.1) is 11.4 Å². The van der Waals surface area contributed by atoms with Gasteiger partial charge >= 0.3 is 6.09 Å². The fourth-order valence-electron chi connectivity index (χ4n) is 3.93. The lowest BCUT2D eigenvalue weighted by molar-refractivity contribution is -0.116. The van der Waals surface area contributed by atoms with E-state index in [0.717, 1.165) is 10.4 Å². The molecule has 1 heterocycles. The molecule has 2 N–H and O–H groups in total. The Balaban J connectivity index is 1.94. The lowest BCUT2D eigenvalue weighted by atomic mass is 10.0. The molecule has 0 aliphatic rings. The first-order valence-electron chi connectivity index (χ1n) is 11.9. The zero-order chi connectivity index (χ0) is 27.3. The van der Waals surface area contributed by atoms with Gasteiger partial charge in [-0.15, -0.1) is 11.3 Å². The van der Waals surface area contributed by atoms with Crippen molar-refractivity contribution in [3.8, 4) is 10.4 Å². The van der Waals surface area contributed by atoms with Crippen LogP contribution in [0.15, 0.2) is 60.0 Å². The SMILES string of the molecule is CC(=O)N(CCN(C)C)c1ccc(C(=O)Nc2cc(-c3cccs3)ccc2N(C(=O)O)C(C)(C)C)cc1. The molecular formula is C28H34N4O4S. The van der Waals surface area contributed by atoms with Gasteiger partial charge in [0.25, 0.3) is 5.91 Å². The molecular weight excluding hydrogens is 488 g/mol. The quantitative estimate of drug-likeness (QED) is 0.386. The van der Waals surface area contributed by atoms with Gasteiger partial charge < -0.3 is 20.2 Å². The molecule has 37 heavy (non-hydrogen) atoms. The summed E-state index contributed by atoms with van der Waals surface area (Å²) in [6.07, 6.45) is -1.11. The van der Waals surface area contributed by atoms with Crippen molar-refractivity contribution >= 4 is 46.3 Å². The van der Waals surface area contributed by atoms with E-state index in [1.807, 2.05) is 42.6 Å². The van der Waals surface area contributed by atoms with E-state index in [1.165, 1.54) is 11.8 Å². The summed E-state index contributed by atoms with van der Waals surface area (Å²) in [6, 6.07) is 16.1. The molecule has 3 amide bonds. The van der Waals surface area contributed by atoms with Crippen LogP contribution >= 0.6 is 11.3 Å². The van der Waals surface area contributed by atoms with Gasteiger partial charge in [0.15, 0.2) is 0 Å². The van der Waals surface area contributed by atoms with E-state index in [2.05, 4.69) is 5.32 Å². The van der Waals surface area contributed by atoms with Gasteiger partial charge in [-0.1, -0.05) is 12.1 Å². The van der Waals surface area contributed by atoms with Crippen LogP contribution in [-0.2, 0) is 4.79 Å². The number of amides is 3. The Morgan fingerprint density at radius 3 is 2.16 bits per heavy atom. The van der Waals surface area contributed by atoms with Crippen molar-refractivity contribution in [2.45, 2.75) is 33.2 Å². The second-order valence-electron chi connectivity index (χ2n) is 9.97. The highest BCUT2D eigenvalue weighted by Gasteiger charge is 2.30. The van der Waals surface area contributed by atoms with Crippen molar-refractivity contribution in [1.29, 1.82) is 0 Å². The highest BCUT2D eigenvalue weighted by molar-refractivity contribution is 7.13. The fourth-order valence-corrected chi connectivity index (χ4v) is 4.66. The minimum Gasteiger partial charge on any atom is -0.465 e.